The van der Waals surface area contributed by atoms with Gasteiger partial charge in [0.05, 0.1) is 0 Å². The highest BCUT2D eigenvalue weighted by Crippen LogP contribution is 2.20. The van der Waals surface area contributed by atoms with Crippen molar-refractivity contribution in [2.75, 3.05) is 6.54 Å². The van der Waals surface area contributed by atoms with Gasteiger partial charge in [0, 0.05) is 6.04 Å². The Morgan fingerprint density at radius 2 is 1.50 bits per heavy atom. The number of hydrogen-bond donors (Lipinski definition) is 1. The van der Waals surface area contributed by atoms with Crippen molar-refractivity contribution in [3.63, 3.8) is 0 Å². The van der Waals surface area contributed by atoms with Crippen LogP contribution in [0.1, 0.15) is 60.3 Å². The fourth-order valence-electron chi connectivity index (χ4n) is 2.04. The van der Waals surface area contributed by atoms with E-state index in [0.717, 1.165) is 24.4 Å². The van der Waals surface area contributed by atoms with Crippen molar-refractivity contribution in [1.82, 2.24) is 5.32 Å². The Balaban J connectivity index is 4.05. The SMILES string of the molecule is CCNC(CC(CC)CC)C(C)CC. The predicted octanol–water partition coefficient (Wildman–Crippen LogP) is 3.84. The van der Waals surface area contributed by atoms with Gasteiger partial charge in [0.2, 0.25) is 0 Å². The van der Waals surface area contributed by atoms with Crippen LogP contribution in [0.3, 0.4) is 0 Å². The largest absolute Gasteiger partial charge is 0.314 e. The first-order chi connectivity index (χ1) is 6.69. The third-order valence-electron chi connectivity index (χ3n) is 3.54. The molecule has 0 bridgehead atoms. The second-order valence-electron chi connectivity index (χ2n) is 4.47. The van der Waals surface area contributed by atoms with Crippen LogP contribution in [0.5, 0.6) is 0 Å². The Hall–Kier alpha value is -0.0400. The summed E-state index contributed by atoms with van der Waals surface area (Å²) in [6.45, 7) is 12.6. The van der Waals surface area contributed by atoms with Crippen molar-refractivity contribution in [2.45, 2.75) is 66.3 Å². The molecule has 0 aliphatic carbocycles. The van der Waals surface area contributed by atoms with Crippen LogP contribution in [-0.2, 0) is 0 Å². The molecule has 0 heterocycles. The van der Waals surface area contributed by atoms with Crippen molar-refractivity contribution >= 4 is 0 Å². The molecular formula is C13H29N. The number of hydrogen-bond acceptors (Lipinski definition) is 1. The number of nitrogens with one attached hydrogen (secondary N) is 1. The third-order valence-corrected chi connectivity index (χ3v) is 3.54. The van der Waals surface area contributed by atoms with Gasteiger partial charge in [-0.3, -0.25) is 0 Å². The molecule has 0 saturated carbocycles. The van der Waals surface area contributed by atoms with Gasteiger partial charge in [0.25, 0.3) is 0 Å². The fraction of sp³-hybridized carbons (Fsp3) is 1.00. The summed E-state index contributed by atoms with van der Waals surface area (Å²) in [5.41, 5.74) is 0. The van der Waals surface area contributed by atoms with Crippen LogP contribution < -0.4 is 5.32 Å². The molecule has 86 valence electrons. The molecule has 1 heteroatoms. The van der Waals surface area contributed by atoms with E-state index in [4.69, 9.17) is 0 Å². The van der Waals surface area contributed by atoms with Crippen LogP contribution in [0.25, 0.3) is 0 Å². The molecule has 0 aliphatic rings. The lowest BCUT2D eigenvalue weighted by Gasteiger charge is -2.27. The molecule has 0 spiro atoms. The summed E-state index contributed by atoms with van der Waals surface area (Å²) in [6.07, 6.45) is 5.30. The molecule has 0 aromatic rings. The zero-order valence-corrected chi connectivity index (χ0v) is 10.8. The van der Waals surface area contributed by atoms with Gasteiger partial charge in [-0.15, -0.1) is 0 Å². The quantitative estimate of drug-likeness (QED) is 0.626. The maximum absolute atomic E-state index is 3.63. The minimum atomic E-state index is 0.731. The van der Waals surface area contributed by atoms with Crippen molar-refractivity contribution in [3.8, 4) is 0 Å². The first kappa shape index (κ1) is 14.0. The molecule has 0 aliphatic heterocycles. The molecule has 1 nitrogen and oxygen atoms in total. The van der Waals surface area contributed by atoms with Crippen LogP contribution in [0.2, 0.25) is 0 Å². The van der Waals surface area contributed by atoms with Gasteiger partial charge in [0.1, 0.15) is 0 Å². The van der Waals surface area contributed by atoms with Crippen LogP contribution in [0.15, 0.2) is 0 Å². The maximum Gasteiger partial charge on any atom is 0.00951 e. The Morgan fingerprint density at radius 3 is 1.86 bits per heavy atom. The molecule has 2 atom stereocenters. The molecule has 0 fully saturated rings. The summed E-state index contributed by atoms with van der Waals surface area (Å²) >= 11 is 0. The van der Waals surface area contributed by atoms with E-state index in [1.54, 1.807) is 0 Å². The van der Waals surface area contributed by atoms with Gasteiger partial charge < -0.3 is 5.32 Å². The Bertz CT molecular complexity index is 116. The average molecular weight is 199 g/mol. The molecule has 0 aromatic carbocycles. The Morgan fingerprint density at radius 1 is 0.929 bits per heavy atom. The molecule has 2 unspecified atom stereocenters. The van der Waals surface area contributed by atoms with Gasteiger partial charge in [-0.2, -0.15) is 0 Å². The van der Waals surface area contributed by atoms with Gasteiger partial charge in [-0.05, 0) is 24.8 Å². The second kappa shape index (κ2) is 8.28. The maximum atomic E-state index is 3.63. The summed E-state index contributed by atoms with van der Waals surface area (Å²) in [6, 6.07) is 0.731. The van der Waals surface area contributed by atoms with E-state index in [2.05, 4.69) is 39.9 Å². The molecule has 1 N–H and O–H groups in total. The smallest absolute Gasteiger partial charge is 0.00951 e. The molecule has 0 saturated heterocycles. The van der Waals surface area contributed by atoms with E-state index in [9.17, 15) is 0 Å². The van der Waals surface area contributed by atoms with Crippen LogP contribution >= 0.6 is 0 Å². The summed E-state index contributed by atoms with van der Waals surface area (Å²) < 4.78 is 0. The monoisotopic (exact) mass is 199 g/mol. The third kappa shape index (κ3) is 4.99. The molecule has 14 heavy (non-hydrogen) atoms. The lowest BCUT2D eigenvalue weighted by Crippen LogP contribution is -2.36. The predicted molar refractivity (Wildman–Crippen MR) is 65.6 cm³/mol. The van der Waals surface area contributed by atoms with Gasteiger partial charge >= 0.3 is 0 Å². The molecule has 0 amide bonds. The normalized spacial score (nSPS) is 15.9. The van der Waals surface area contributed by atoms with Crippen LogP contribution in [-0.4, -0.2) is 12.6 Å². The van der Waals surface area contributed by atoms with Crippen molar-refractivity contribution in [1.29, 1.82) is 0 Å². The van der Waals surface area contributed by atoms with Crippen molar-refractivity contribution in [2.24, 2.45) is 11.8 Å². The standard InChI is InChI=1S/C13H29N/c1-6-11(5)13(14-9-4)10-12(7-2)8-3/h11-14H,6-10H2,1-5H3. The average Bonchev–Trinajstić information content (AvgIpc) is 2.23. The van der Waals surface area contributed by atoms with Crippen LogP contribution in [0.4, 0.5) is 0 Å². The van der Waals surface area contributed by atoms with Crippen LogP contribution in [0, 0.1) is 11.8 Å². The van der Waals surface area contributed by atoms with Crippen molar-refractivity contribution in [3.05, 3.63) is 0 Å². The summed E-state index contributed by atoms with van der Waals surface area (Å²) in [5.74, 6) is 1.73. The summed E-state index contributed by atoms with van der Waals surface area (Å²) in [4.78, 5) is 0. The second-order valence-corrected chi connectivity index (χ2v) is 4.47. The highest BCUT2D eigenvalue weighted by molar-refractivity contribution is 4.75. The van der Waals surface area contributed by atoms with Crippen molar-refractivity contribution < 1.29 is 0 Å². The van der Waals surface area contributed by atoms with Gasteiger partial charge in [-0.25, -0.2) is 0 Å². The molecular weight excluding hydrogens is 170 g/mol. The van der Waals surface area contributed by atoms with E-state index in [0.29, 0.717) is 0 Å². The van der Waals surface area contributed by atoms with E-state index < -0.39 is 0 Å². The van der Waals surface area contributed by atoms with E-state index in [1.807, 2.05) is 0 Å². The first-order valence-electron chi connectivity index (χ1n) is 6.42. The molecule has 0 aromatic heterocycles. The first-order valence-corrected chi connectivity index (χ1v) is 6.42. The van der Waals surface area contributed by atoms with Gasteiger partial charge in [0.15, 0.2) is 0 Å². The highest BCUT2D eigenvalue weighted by Gasteiger charge is 2.17. The zero-order chi connectivity index (χ0) is 11.0. The Kier molecular flexibility index (Phi) is 8.26. The minimum absolute atomic E-state index is 0.731. The Labute approximate surface area is 90.7 Å². The fourth-order valence-corrected chi connectivity index (χ4v) is 2.04. The summed E-state index contributed by atoms with van der Waals surface area (Å²) in [7, 11) is 0. The minimum Gasteiger partial charge on any atom is -0.314 e. The summed E-state index contributed by atoms with van der Waals surface area (Å²) in [5, 5.41) is 3.63. The van der Waals surface area contributed by atoms with Gasteiger partial charge in [-0.1, -0.05) is 53.9 Å². The van der Waals surface area contributed by atoms with E-state index in [-0.39, 0.29) is 0 Å². The molecule has 0 radical (unpaired) electrons. The number of rotatable bonds is 8. The topological polar surface area (TPSA) is 12.0 Å². The van der Waals surface area contributed by atoms with E-state index in [1.165, 1.54) is 25.7 Å². The lowest BCUT2D eigenvalue weighted by atomic mass is 9.87. The van der Waals surface area contributed by atoms with E-state index >= 15 is 0 Å². The molecule has 0 rings (SSSR count). The lowest BCUT2D eigenvalue weighted by molar-refractivity contribution is 0.293. The zero-order valence-electron chi connectivity index (χ0n) is 10.8. The highest BCUT2D eigenvalue weighted by atomic mass is 14.9.